The minimum atomic E-state index is -3.22. The monoisotopic (exact) mass is 181 g/mol. The van der Waals surface area contributed by atoms with Gasteiger partial charge >= 0.3 is 5.97 Å². The topological polar surface area (TPSA) is 69.6 Å². The van der Waals surface area contributed by atoms with Crippen molar-refractivity contribution >= 4 is 5.97 Å². The zero-order valence-electron chi connectivity index (χ0n) is 6.13. The van der Waals surface area contributed by atoms with E-state index in [0.29, 0.717) is 6.08 Å². The van der Waals surface area contributed by atoms with Crippen molar-refractivity contribution in [3.63, 3.8) is 0 Å². The third kappa shape index (κ3) is 5.60. The molecule has 0 aromatic heterocycles. The van der Waals surface area contributed by atoms with Crippen LogP contribution >= 0.6 is 0 Å². The second-order valence-electron chi connectivity index (χ2n) is 2.07. The van der Waals surface area contributed by atoms with E-state index in [1.165, 1.54) is 0 Å². The van der Waals surface area contributed by atoms with Gasteiger partial charge < -0.3 is 15.5 Å². The van der Waals surface area contributed by atoms with Gasteiger partial charge in [-0.1, -0.05) is 0 Å². The van der Waals surface area contributed by atoms with Gasteiger partial charge in [-0.05, 0) is 0 Å². The van der Waals surface area contributed by atoms with E-state index in [1.54, 1.807) is 0 Å². The Morgan fingerprint density at radius 2 is 2.17 bits per heavy atom. The molecule has 0 amide bonds. The number of aliphatic hydroxyl groups excluding tert-OH is 1. The van der Waals surface area contributed by atoms with Gasteiger partial charge in [-0.2, -0.15) is 0 Å². The smallest absolute Gasteiger partial charge is 0.329 e. The standard InChI is InChI=1S/C6H9F2NO3/c7-6(8,4-10)3-9-2-1-5(11)12/h1-2,9-10H,3-4H2,(H,11,12)/b2-1+. The molecule has 0 rings (SSSR count). The van der Waals surface area contributed by atoms with Crippen molar-refractivity contribution in [2.75, 3.05) is 13.2 Å². The molecule has 0 saturated carbocycles. The summed E-state index contributed by atoms with van der Waals surface area (Å²) in [5.41, 5.74) is 0. The van der Waals surface area contributed by atoms with Crippen LogP contribution in [0.4, 0.5) is 8.78 Å². The average molecular weight is 181 g/mol. The number of carboxylic acid groups (broad SMARTS) is 1. The third-order valence-electron chi connectivity index (χ3n) is 0.936. The maximum atomic E-state index is 12.2. The second-order valence-corrected chi connectivity index (χ2v) is 2.07. The fraction of sp³-hybridized carbons (Fsp3) is 0.500. The number of aliphatic carboxylic acids is 1. The normalized spacial score (nSPS) is 11.9. The Bertz CT molecular complexity index is 182. The quantitative estimate of drug-likeness (QED) is 0.514. The molecular formula is C6H9F2NO3. The molecule has 0 atom stereocenters. The summed E-state index contributed by atoms with van der Waals surface area (Å²) >= 11 is 0. The number of rotatable bonds is 5. The Kier molecular flexibility index (Phi) is 4.20. The molecule has 6 heteroatoms. The zero-order chi connectivity index (χ0) is 9.61. The molecule has 0 radical (unpaired) electrons. The Balaban J connectivity index is 3.63. The van der Waals surface area contributed by atoms with Gasteiger partial charge in [0.2, 0.25) is 0 Å². The van der Waals surface area contributed by atoms with Crippen LogP contribution in [0.1, 0.15) is 0 Å². The first kappa shape index (κ1) is 10.8. The van der Waals surface area contributed by atoms with E-state index in [-0.39, 0.29) is 0 Å². The maximum absolute atomic E-state index is 12.2. The number of aliphatic hydroxyl groups is 1. The molecule has 0 spiro atoms. The van der Waals surface area contributed by atoms with E-state index in [2.05, 4.69) is 0 Å². The van der Waals surface area contributed by atoms with Gasteiger partial charge in [-0.15, -0.1) is 0 Å². The van der Waals surface area contributed by atoms with Gasteiger partial charge in [-0.3, -0.25) is 0 Å². The number of carboxylic acids is 1. The Hall–Kier alpha value is -1.17. The molecule has 12 heavy (non-hydrogen) atoms. The minimum absolute atomic E-state index is 0.688. The predicted molar refractivity (Wildman–Crippen MR) is 36.8 cm³/mol. The number of alkyl halides is 2. The first-order valence-corrected chi connectivity index (χ1v) is 3.09. The van der Waals surface area contributed by atoms with Crippen LogP contribution in [-0.4, -0.2) is 35.3 Å². The van der Waals surface area contributed by atoms with Gasteiger partial charge in [-0.25, -0.2) is 13.6 Å². The maximum Gasteiger partial charge on any atom is 0.329 e. The van der Waals surface area contributed by atoms with Crippen LogP contribution in [0.15, 0.2) is 12.3 Å². The number of hydrogen-bond donors (Lipinski definition) is 3. The van der Waals surface area contributed by atoms with Gasteiger partial charge in [0, 0.05) is 12.3 Å². The number of hydrogen-bond acceptors (Lipinski definition) is 3. The van der Waals surface area contributed by atoms with Crippen molar-refractivity contribution in [3.8, 4) is 0 Å². The van der Waals surface area contributed by atoms with E-state index < -0.39 is 25.0 Å². The van der Waals surface area contributed by atoms with Crippen molar-refractivity contribution in [2.24, 2.45) is 0 Å². The summed E-state index contributed by atoms with van der Waals surface area (Å²) in [6, 6.07) is 0. The minimum Gasteiger partial charge on any atom is -0.478 e. The summed E-state index contributed by atoms with van der Waals surface area (Å²) in [6.07, 6.45) is 1.57. The van der Waals surface area contributed by atoms with E-state index in [9.17, 15) is 13.6 Å². The van der Waals surface area contributed by atoms with Crippen LogP contribution in [0.5, 0.6) is 0 Å². The molecular weight excluding hydrogens is 172 g/mol. The van der Waals surface area contributed by atoms with Crippen molar-refractivity contribution in [2.45, 2.75) is 5.92 Å². The third-order valence-corrected chi connectivity index (χ3v) is 0.936. The fourth-order valence-corrected chi connectivity index (χ4v) is 0.394. The highest BCUT2D eigenvalue weighted by molar-refractivity contribution is 5.79. The highest BCUT2D eigenvalue weighted by Gasteiger charge is 2.26. The van der Waals surface area contributed by atoms with Gasteiger partial charge in [0.1, 0.15) is 6.61 Å². The molecule has 0 aromatic rings. The Morgan fingerprint density at radius 1 is 1.58 bits per heavy atom. The van der Waals surface area contributed by atoms with Crippen LogP contribution in [0.25, 0.3) is 0 Å². The van der Waals surface area contributed by atoms with Crippen LogP contribution in [0, 0.1) is 0 Å². The lowest BCUT2D eigenvalue weighted by molar-refractivity contribution is -0.131. The van der Waals surface area contributed by atoms with E-state index >= 15 is 0 Å². The molecule has 0 aliphatic rings. The van der Waals surface area contributed by atoms with Crippen LogP contribution in [-0.2, 0) is 4.79 Å². The Morgan fingerprint density at radius 3 is 2.58 bits per heavy atom. The molecule has 0 aromatic carbocycles. The largest absolute Gasteiger partial charge is 0.478 e. The van der Waals surface area contributed by atoms with E-state index in [1.807, 2.05) is 5.32 Å². The predicted octanol–water partition coefficient (Wildman–Crippen LogP) is -0.198. The summed E-state index contributed by atoms with van der Waals surface area (Å²) in [6.45, 7) is -2.05. The second kappa shape index (κ2) is 4.66. The van der Waals surface area contributed by atoms with E-state index in [4.69, 9.17) is 10.2 Å². The molecule has 0 aliphatic heterocycles. The lowest BCUT2D eigenvalue weighted by Crippen LogP contribution is -2.33. The molecule has 0 fully saturated rings. The molecule has 0 unspecified atom stereocenters. The van der Waals surface area contributed by atoms with Crippen LogP contribution in [0.2, 0.25) is 0 Å². The molecule has 0 saturated heterocycles. The number of halogens is 2. The summed E-state index contributed by atoms with van der Waals surface area (Å²) < 4.78 is 24.4. The molecule has 70 valence electrons. The van der Waals surface area contributed by atoms with Crippen molar-refractivity contribution < 1.29 is 23.8 Å². The van der Waals surface area contributed by atoms with Gasteiger partial charge in [0.15, 0.2) is 0 Å². The molecule has 3 N–H and O–H groups in total. The highest BCUT2D eigenvalue weighted by atomic mass is 19.3. The molecule has 4 nitrogen and oxygen atoms in total. The summed E-state index contributed by atoms with van der Waals surface area (Å²) in [5.74, 6) is -4.45. The van der Waals surface area contributed by atoms with Crippen molar-refractivity contribution in [1.29, 1.82) is 0 Å². The number of carbonyl (C=O) groups is 1. The number of nitrogens with one attached hydrogen (secondary N) is 1. The van der Waals surface area contributed by atoms with Crippen molar-refractivity contribution in [3.05, 3.63) is 12.3 Å². The SMILES string of the molecule is O=C(O)/C=C/NCC(F)(F)CO. The van der Waals surface area contributed by atoms with Crippen molar-refractivity contribution in [1.82, 2.24) is 5.32 Å². The first-order chi connectivity index (χ1) is 5.48. The lowest BCUT2D eigenvalue weighted by Gasteiger charge is -2.11. The van der Waals surface area contributed by atoms with Crippen LogP contribution in [0.3, 0.4) is 0 Å². The van der Waals surface area contributed by atoms with Gasteiger partial charge in [0.25, 0.3) is 5.92 Å². The summed E-state index contributed by atoms with van der Waals surface area (Å²) in [4.78, 5) is 9.83. The zero-order valence-corrected chi connectivity index (χ0v) is 6.13. The van der Waals surface area contributed by atoms with Crippen LogP contribution < -0.4 is 5.32 Å². The fourth-order valence-electron chi connectivity index (χ4n) is 0.394. The summed E-state index contributed by atoms with van der Waals surface area (Å²) in [7, 11) is 0. The molecule has 0 aliphatic carbocycles. The average Bonchev–Trinajstić information content (AvgIpc) is 1.98. The molecule has 0 heterocycles. The first-order valence-electron chi connectivity index (χ1n) is 3.09. The van der Waals surface area contributed by atoms with E-state index in [0.717, 1.165) is 6.20 Å². The molecule has 0 bridgehead atoms. The summed E-state index contributed by atoms with van der Waals surface area (Å²) in [5, 5.41) is 18.1. The van der Waals surface area contributed by atoms with Gasteiger partial charge in [0.05, 0.1) is 6.54 Å². The lowest BCUT2D eigenvalue weighted by atomic mass is 10.3. The highest BCUT2D eigenvalue weighted by Crippen LogP contribution is 2.09. The Labute approximate surface area is 67.5 Å².